The molecule has 2 rings (SSSR count). The highest BCUT2D eigenvalue weighted by Gasteiger charge is 2.20. The Kier molecular flexibility index (Phi) is 2.73. The zero-order valence-corrected chi connectivity index (χ0v) is 9.20. The molecule has 0 saturated heterocycles. The van der Waals surface area contributed by atoms with Crippen molar-refractivity contribution in [3.63, 3.8) is 0 Å². The van der Waals surface area contributed by atoms with Crippen LogP contribution in [0.3, 0.4) is 0 Å². The van der Waals surface area contributed by atoms with Crippen molar-refractivity contribution < 1.29 is 9.47 Å². The lowest BCUT2D eigenvalue weighted by atomic mass is 10.3. The molecule has 1 N–H and O–H groups in total. The van der Waals surface area contributed by atoms with Crippen molar-refractivity contribution in [1.82, 2.24) is 15.3 Å². The minimum Gasteiger partial charge on any atom is -0.481 e. The van der Waals surface area contributed by atoms with Gasteiger partial charge in [0.1, 0.15) is 0 Å². The standard InChI is InChI=1S/C10H15N3O2/c1-6(2)15-10-12-8-5-11-4-7(8)9(13-10)14-3/h6,11H,4-5H2,1-3H3. The molecule has 0 radical (unpaired) electrons. The zero-order chi connectivity index (χ0) is 10.8. The lowest BCUT2D eigenvalue weighted by Crippen LogP contribution is -2.10. The third-order valence-electron chi connectivity index (χ3n) is 2.16. The average Bonchev–Trinajstić information content (AvgIpc) is 2.63. The van der Waals surface area contributed by atoms with Gasteiger partial charge in [-0.05, 0) is 13.8 Å². The van der Waals surface area contributed by atoms with Gasteiger partial charge in [0.05, 0.1) is 24.5 Å². The molecule has 0 aliphatic carbocycles. The van der Waals surface area contributed by atoms with Crippen LogP contribution in [0.5, 0.6) is 11.9 Å². The van der Waals surface area contributed by atoms with Gasteiger partial charge < -0.3 is 14.8 Å². The molecule has 0 atom stereocenters. The number of methoxy groups -OCH3 is 1. The first-order valence-corrected chi connectivity index (χ1v) is 5.02. The molecule has 0 bridgehead atoms. The van der Waals surface area contributed by atoms with Gasteiger partial charge in [0, 0.05) is 13.1 Å². The third kappa shape index (κ3) is 2.02. The van der Waals surface area contributed by atoms with E-state index in [0.717, 1.165) is 24.3 Å². The summed E-state index contributed by atoms with van der Waals surface area (Å²) in [5.41, 5.74) is 2.01. The van der Waals surface area contributed by atoms with Crippen LogP contribution in [-0.4, -0.2) is 23.2 Å². The Morgan fingerprint density at radius 3 is 2.73 bits per heavy atom. The normalized spacial score (nSPS) is 14.1. The average molecular weight is 209 g/mol. The summed E-state index contributed by atoms with van der Waals surface area (Å²) in [7, 11) is 1.61. The number of hydrogen-bond acceptors (Lipinski definition) is 5. The van der Waals surface area contributed by atoms with Gasteiger partial charge >= 0.3 is 6.01 Å². The maximum atomic E-state index is 5.45. The van der Waals surface area contributed by atoms with E-state index < -0.39 is 0 Å². The number of rotatable bonds is 3. The Labute approximate surface area is 88.8 Å². The monoisotopic (exact) mass is 209 g/mol. The van der Waals surface area contributed by atoms with Crippen molar-refractivity contribution in [2.45, 2.75) is 33.0 Å². The Hall–Kier alpha value is -1.36. The SMILES string of the molecule is COc1nc(OC(C)C)nc2c1CNC2. The number of hydrogen-bond donors (Lipinski definition) is 1. The van der Waals surface area contributed by atoms with Gasteiger partial charge in [0.2, 0.25) is 5.88 Å². The van der Waals surface area contributed by atoms with Crippen molar-refractivity contribution >= 4 is 0 Å². The molecule has 1 aliphatic heterocycles. The van der Waals surface area contributed by atoms with Crippen molar-refractivity contribution in [3.8, 4) is 11.9 Å². The summed E-state index contributed by atoms with van der Waals surface area (Å²) < 4.78 is 10.7. The fourth-order valence-corrected chi connectivity index (χ4v) is 1.55. The zero-order valence-electron chi connectivity index (χ0n) is 9.20. The molecular weight excluding hydrogens is 194 g/mol. The quantitative estimate of drug-likeness (QED) is 0.800. The fraction of sp³-hybridized carbons (Fsp3) is 0.600. The molecule has 0 saturated carbocycles. The highest BCUT2D eigenvalue weighted by molar-refractivity contribution is 5.34. The van der Waals surface area contributed by atoms with Gasteiger partial charge in [-0.1, -0.05) is 0 Å². The summed E-state index contributed by atoms with van der Waals surface area (Å²) in [5.74, 6) is 0.612. The lowest BCUT2D eigenvalue weighted by Gasteiger charge is -2.10. The molecule has 15 heavy (non-hydrogen) atoms. The second-order valence-corrected chi connectivity index (χ2v) is 3.71. The highest BCUT2D eigenvalue weighted by atomic mass is 16.5. The first-order valence-electron chi connectivity index (χ1n) is 5.02. The molecular formula is C10H15N3O2. The van der Waals surface area contributed by atoms with Gasteiger partial charge in [0.25, 0.3) is 0 Å². The second kappa shape index (κ2) is 4.02. The van der Waals surface area contributed by atoms with Crippen LogP contribution in [0.25, 0.3) is 0 Å². The summed E-state index contributed by atoms with van der Waals surface area (Å²) >= 11 is 0. The van der Waals surface area contributed by atoms with Crippen LogP contribution in [-0.2, 0) is 13.1 Å². The molecule has 2 heterocycles. The molecule has 0 spiro atoms. The lowest BCUT2D eigenvalue weighted by molar-refractivity contribution is 0.218. The molecule has 5 nitrogen and oxygen atoms in total. The van der Waals surface area contributed by atoms with Crippen molar-refractivity contribution in [3.05, 3.63) is 11.3 Å². The van der Waals surface area contributed by atoms with E-state index in [1.54, 1.807) is 7.11 Å². The van der Waals surface area contributed by atoms with E-state index in [-0.39, 0.29) is 6.10 Å². The number of fused-ring (bicyclic) bond motifs is 1. The van der Waals surface area contributed by atoms with E-state index in [4.69, 9.17) is 9.47 Å². The van der Waals surface area contributed by atoms with E-state index in [0.29, 0.717) is 11.9 Å². The molecule has 1 aliphatic rings. The molecule has 0 unspecified atom stereocenters. The maximum absolute atomic E-state index is 5.45. The topological polar surface area (TPSA) is 56.3 Å². The Morgan fingerprint density at radius 1 is 1.27 bits per heavy atom. The smallest absolute Gasteiger partial charge is 0.320 e. The van der Waals surface area contributed by atoms with E-state index in [2.05, 4.69) is 15.3 Å². The Bertz CT molecular complexity index is 366. The minimum absolute atomic E-state index is 0.0714. The summed E-state index contributed by atoms with van der Waals surface area (Å²) in [6.45, 7) is 5.41. The second-order valence-electron chi connectivity index (χ2n) is 3.71. The van der Waals surface area contributed by atoms with E-state index in [1.807, 2.05) is 13.8 Å². The largest absolute Gasteiger partial charge is 0.481 e. The van der Waals surface area contributed by atoms with Crippen LogP contribution in [0.2, 0.25) is 0 Å². The van der Waals surface area contributed by atoms with Gasteiger partial charge in [-0.25, -0.2) is 0 Å². The van der Waals surface area contributed by atoms with Crippen LogP contribution < -0.4 is 14.8 Å². The summed E-state index contributed by atoms with van der Waals surface area (Å²) in [4.78, 5) is 8.53. The van der Waals surface area contributed by atoms with E-state index in [1.165, 1.54) is 0 Å². The summed E-state index contributed by atoms with van der Waals surface area (Å²) in [6.07, 6.45) is 0.0714. The van der Waals surface area contributed by atoms with E-state index >= 15 is 0 Å². The Morgan fingerprint density at radius 2 is 2.07 bits per heavy atom. The van der Waals surface area contributed by atoms with Crippen molar-refractivity contribution in [2.24, 2.45) is 0 Å². The van der Waals surface area contributed by atoms with Crippen molar-refractivity contribution in [2.75, 3.05) is 7.11 Å². The predicted molar refractivity (Wildman–Crippen MR) is 54.9 cm³/mol. The number of aromatic nitrogens is 2. The number of nitrogens with zero attached hydrogens (tertiary/aromatic N) is 2. The van der Waals surface area contributed by atoms with E-state index in [9.17, 15) is 0 Å². The fourth-order valence-electron chi connectivity index (χ4n) is 1.55. The Balaban J connectivity index is 2.34. The van der Waals surface area contributed by atoms with Gasteiger partial charge in [0.15, 0.2) is 0 Å². The molecule has 5 heteroatoms. The maximum Gasteiger partial charge on any atom is 0.320 e. The van der Waals surface area contributed by atoms with Crippen LogP contribution in [0.15, 0.2) is 0 Å². The predicted octanol–water partition coefficient (Wildman–Crippen LogP) is 0.876. The summed E-state index contributed by atoms with van der Waals surface area (Å²) in [6, 6.07) is 0.393. The van der Waals surface area contributed by atoms with Crippen LogP contribution >= 0.6 is 0 Å². The first-order chi connectivity index (χ1) is 7.20. The highest BCUT2D eigenvalue weighted by Crippen LogP contribution is 2.25. The van der Waals surface area contributed by atoms with Crippen LogP contribution in [0, 0.1) is 0 Å². The minimum atomic E-state index is 0.0714. The third-order valence-corrected chi connectivity index (χ3v) is 2.16. The molecule has 0 aromatic carbocycles. The molecule has 1 aromatic rings. The van der Waals surface area contributed by atoms with Crippen LogP contribution in [0.1, 0.15) is 25.1 Å². The molecule has 0 fully saturated rings. The van der Waals surface area contributed by atoms with Crippen LogP contribution in [0.4, 0.5) is 0 Å². The number of nitrogens with one attached hydrogen (secondary N) is 1. The molecule has 82 valence electrons. The van der Waals surface area contributed by atoms with Crippen molar-refractivity contribution in [1.29, 1.82) is 0 Å². The van der Waals surface area contributed by atoms with Gasteiger partial charge in [-0.15, -0.1) is 0 Å². The molecule has 0 amide bonds. The van der Waals surface area contributed by atoms with Gasteiger partial charge in [-0.2, -0.15) is 9.97 Å². The van der Waals surface area contributed by atoms with Gasteiger partial charge in [-0.3, -0.25) is 0 Å². The number of ether oxygens (including phenoxy) is 2. The first kappa shape index (κ1) is 10.2. The molecule has 1 aromatic heterocycles. The summed E-state index contributed by atoms with van der Waals surface area (Å²) in [5, 5.41) is 3.20.